The molecule has 4 nitrogen and oxygen atoms in total. The van der Waals surface area contributed by atoms with E-state index in [1.807, 2.05) is 39.0 Å². The fraction of sp³-hybridized carbons (Fsp3) is 0.667. The zero-order valence-electron chi connectivity index (χ0n) is 13.0. The maximum absolute atomic E-state index is 12.2. The van der Waals surface area contributed by atoms with Crippen molar-refractivity contribution in [3.05, 3.63) is 30.1 Å². The molecule has 2 atom stereocenters. The van der Waals surface area contributed by atoms with Crippen molar-refractivity contribution in [1.29, 1.82) is 0 Å². The van der Waals surface area contributed by atoms with E-state index in [-0.39, 0.29) is 10.8 Å². The SMILES string of the molecule is CC(C)(O)CC(Cc1ccccn1)N[S+]([O-])C(C)(C)C. The number of hydrogen-bond acceptors (Lipinski definition) is 4. The van der Waals surface area contributed by atoms with Crippen LogP contribution in [0.3, 0.4) is 0 Å². The van der Waals surface area contributed by atoms with E-state index in [1.54, 1.807) is 20.0 Å². The van der Waals surface area contributed by atoms with Crippen molar-refractivity contribution in [2.45, 2.75) is 63.9 Å². The Labute approximate surface area is 125 Å². The number of pyridine rings is 1. The van der Waals surface area contributed by atoms with Gasteiger partial charge in [0.1, 0.15) is 4.75 Å². The highest BCUT2D eigenvalue weighted by Crippen LogP contribution is 2.19. The zero-order chi connectivity index (χ0) is 15.4. The summed E-state index contributed by atoms with van der Waals surface area (Å²) in [4.78, 5) is 4.30. The first-order valence-corrected chi connectivity index (χ1v) is 8.03. The summed E-state index contributed by atoms with van der Waals surface area (Å²) in [6, 6.07) is 5.67. The highest BCUT2D eigenvalue weighted by Gasteiger charge is 2.31. The second-order valence-corrected chi connectivity index (χ2v) is 8.74. The minimum Gasteiger partial charge on any atom is -0.598 e. The minimum absolute atomic E-state index is 0.0787. The molecule has 0 amide bonds. The molecule has 1 aromatic heterocycles. The number of nitrogens with one attached hydrogen (secondary N) is 1. The Kier molecular flexibility index (Phi) is 6.01. The molecule has 0 aliphatic carbocycles. The van der Waals surface area contributed by atoms with Crippen LogP contribution in [0.2, 0.25) is 0 Å². The summed E-state index contributed by atoms with van der Waals surface area (Å²) in [5, 5.41) is 10.0. The van der Waals surface area contributed by atoms with Crippen molar-refractivity contribution in [1.82, 2.24) is 9.71 Å². The number of aromatic nitrogens is 1. The highest BCUT2D eigenvalue weighted by atomic mass is 32.2. The van der Waals surface area contributed by atoms with Crippen molar-refractivity contribution in [3.8, 4) is 0 Å². The predicted molar refractivity (Wildman–Crippen MR) is 83.7 cm³/mol. The summed E-state index contributed by atoms with van der Waals surface area (Å²) in [6.07, 6.45) is 2.91. The molecule has 0 saturated carbocycles. The number of aliphatic hydroxyl groups is 1. The van der Waals surface area contributed by atoms with Crippen LogP contribution in [0.25, 0.3) is 0 Å². The third kappa shape index (κ3) is 6.70. The van der Waals surface area contributed by atoms with Gasteiger partial charge in [-0.2, -0.15) is 0 Å². The molecule has 0 aliphatic rings. The normalized spacial score (nSPS) is 15.9. The van der Waals surface area contributed by atoms with Crippen LogP contribution >= 0.6 is 0 Å². The van der Waals surface area contributed by atoms with Gasteiger partial charge in [-0.15, -0.1) is 4.72 Å². The summed E-state index contributed by atoms with van der Waals surface area (Å²) in [6.45, 7) is 9.31. The smallest absolute Gasteiger partial charge is 0.136 e. The molecule has 1 rings (SSSR count). The van der Waals surface area contributed by atoms with Gasteiger partial charge in [-0.3, -0.25) is 4.98 Å². The average molecular weight is 298 g/mol. The van der Waals surface area contributed by atoms with E-state index < -0.39 is 17.0 Å². The first-order valence-electron chi connectivity index (χ1n) is 6.88. The molecular weight excluding hydrogens is 272 g/mol. The van der Waals surface area contributed by atoms with Crippen molar-refractivity contribution in [3.63, 3.8) is 0 Å². The predicted octanol–water partition coefficient (Wildman–Crippen LogP) is 2.21. The molecule has 0 aromatic carbocycles. The van der Waals surface area contributed by atoms with Gasteiger partial charge in [0.25, 0.3) is 0 Å². The molecule has 1 aromatic rings. The third-order valence-corrected chi connectivity index (χ3v) is 4.42. The Balaban J connectivity index is 2.75. The van der Waals surface area contributed by atoms with Gasteiger partial charge in [0, 0.05) is 29.7 Å². The second kappa shape index (κ2) is 6.89. The van der Waals surface area contributed by atoms with Crippen LogP contribution in [0.15, 0.2) is 24.4 Å². The van der Waals surface area contributed by atoms with Crippen LogP contribution in [0.5, 0.6) is 0 Å². The van der Waals surface area contributed by atoms with Crippen LogP contribution in [-0.4, -0.2) is 31.0 Å². The molecular formula is C15H26N2O2S. The first-order chi connectivity index (χ1) is 9.08. The van der Waals surface area contributed by atoms with E-state index in [0.29, 0.717) is 12.8 Å². The van der Waals surface area contributed by atoms with Crippen LogP contribution < -0.4 is 4.72 Å². The maximum atomic E-state index is 12.2. The monoisotopic (exact) mass is 298 g/mol. The summed E-state index contributed by atoms with van der Waals surface area (Å²) in [5.41, 5.74) is 0.120. The minimum atomic E-state index is -1.16. The van der Waals surface area contributed by atoms with E-state index in [9.17, 15) is 9.66 Å². The standard InChI is InChI=1S/C15H26N2O2S/c1-14(2,3)20(19)17-13(11-15(4,5)18)10-12-8-6-7-9-16-12/h6-9,13,17-18H,10-11H2,1-5H3. The molecule has 20 heavy (non-hydrogen) atoms. The molecule has 0 saturated heterocycles. The van der Waals surface area contributed by atoms with Crippen molar-refractivity contribution >= 4 is 11.4 Å². The fourth-order valence-electron chi connectivity index (χ4n) is 1.86. The average Bonchev–Trinajstić information content (AvgIpc) is 2.26. The fourth-order valence-corrected chi connectivity index (χ4v) is 2.68. The summed E-state index contributed by atoms with van der Waals surface area (Å²) in [5.74, 6) is 0. The summed E-state index contributed by atoms with van der Waals surface area (Å²) >= 11 is -1.16. The first kappa shape index (κ1) is 17.4. The topological polar surface area (TPSA) is 68.2 Å². The molecule has 1 heterocycles. The Morgan fingerprint density at radius 2 is 1.95 bits per heavy atom. The van der Waals surface area contributed by atoms with Gasteiger partial charge in [-0.1, -0.05) is 6.07 Å². The quantitative estimate of drug-likeness (QED) is 0.790. The lowest BCUT2D eigenvalue weighted by atomic mass is 9.96. The second-order valence-electron chi connectivity index (χ2n) is 6.74. The summed E-state index contributed by atoms with van der Waals surface area (Å²) < 4.78 is 15.1. The molecule has 2 unspecified atom stereocenters. The number of nitrogens with zero attached hydrogens (tertiary/aromatic N) is 1. The van der Waals surface area contributed by atoms with Gasteiger partial charge in [-0.25, -0.2) is 0 Å². The van der Waals surface area contributed by atoms with Crippen LogP contribution in [0, 0.1) is 0 Å². The van der Waals surface area contributed by atoms with Gasteiger partial charge >= 0.3 is 0 Å². The van der Waals surface area contributed by atoms with E-state index in [2.05, 4.69) is 9.71 Å². The van der Waals surface area contributed by atoms with Gasteiger partial charge in [0.15, 0.2) is 0 Å². The Bertz CT molecular complexity index is 399. The van der Waals surface area contributed by atoms with Gasteiger partial charge in [0.2, 0.25) is 0 Å². The molecule has 0 aliphatic heterocycles. The van der Waals surface area contributed by atoms with E-state index in [1.165, 1.54) is 0 Å². The Morgan fingerprint density at radius 1 is 1.30 bits per heavy atom. The lowest BCUT2D eigenvalue weighted by Gasteiger charge is -2.30. The number of rotatable bonds is 6. The van der Waals surface area contributed by atoms with Crippen molar-refractivity contribution in [2.75, 3.05) is 0 Å². The van der Waals surface area contributed by atoms with Gasteiger partial charge in [-0.05, 0) is 53.2 Å². The lowest BCUT2D eigenvalue weighted by molar-refractivity contribution is 0.0617. The number of hydrogen-bond donors (Lipinski definition) is 2. The molecule has 0 fully saturated rings. The Morgan fingerprint density at radius 3 is 2.40 bits per heavy atom. The largest absolute Gasteiger partial charge is 0.598 e. The van der Waals surface area contributed by atoms with E-state index in [0.717, 1.165) is 5.69 Å². The molecule has 0 spiro atoms. The lowest BCUT2D eigenvalue weighted by Crippen LogP contribution is -2.47. The van der Waals surface area contributed by atoms with E-state index >= 15 is 0 Å². The molecule has 114 valence electrons. The van der Waals surface area contributed by atoms with Crippen LogP contribution in [-0.2, 0) is 17.8 Å². The third-order valence-electron chi connectivity index (χ3n) is 2.76. The van der Waals surface area contributed by atoms with Crippen LogP contribution in [0.1, 0.15) is 46.7 Å². The van der Waals surface area contributed by atoms with Crippen molar-refractivity contribution in [2.24, 2.45) is 0 Å². The Hall–Kier alpha value is -0.620. The van der Waals surface area contributed by atoms with Crippen molar-refractivity contribution < 1.29 is 9.66 Å². The van der Waals surface area contributed by atoms with Gasteiger partial charge < -0.3 is 9.66 Å². The van der Waals surface area contributed by atoms with Gasteiger partial charge in [0.05, 0.1) is 11.6 Å². The maximum Gasteiger partial charge on any atom is 0.136 e. The molecule has 5 heteroatoms. The summed E-state index contributed by atoms with van der Waals surface area (Å²) in [7, 11) is 0. The molecule has 0 bridgehead atoms. The zero-order valence-corrected chi connectivity index (χ0v) is 13.8. The molecule has 0 radical (unpaired) electrons. The van der Waals surface area contributed by atoms with E-state index in [4.69, 9.17) is 0 Å². The molecule has 2 N–H and O–H groups in total. The highest BCUT2D eigenvalue weighted by molar-refractivity contribution is 7.90. The van der Waals surface area contributed by atoms with Crippen LogP contribution in [0.4, 0.5) is 0 Å².